The van der Waals surface area contributed by atoms with Gasteiger partial charge in [-0.05, 0) is 6.42 Å². The van der Waals surface area contributed by atoms with Crippen molar-refractivity contribution in [2.45, 2.75) is 69.9 Å². The molecule has 126 valence electrons. The molecule has 0 aromatic rings. The van der Waals surface area contributed by atoms with Gasteiger partial charge in [0.05, 0.1) is 6.61 Å². The highest BCUT2D eigenvalue weighted by Crippen LogP contribution is 2.10. The molecule has 0 rings (SSSR count). The van der Waals surface area contributed by atoms with E-state index in [1.807, 2.05) is 0 Å². The molecule has 0 saturated heterocycles. The third-order valence-corrected chi connectivity index (χ3v) is 3.32. The number of aliphatic hydroxyl groups is 4. The molecule has 0 saturated carbocycles. The molecule has 0 aromatic carbocycles. The number of unbranched alkanes of at least 4 members (excludes halogenated alkanes) is 5. The van der Waals surface area contributed by atoms with Crippen molar-refractivity contribution in [3.8, 4) is 0 Å². The Bertz CT molecular complexity index is 276. The molecule has 0 fully saturated rings. The largest absolute Gasteiger partial charge is 0.394 e. The summed E-state index contributed by atoms with van der Waals surface area (Å²) in [6.45, 7) is 1.63. The second-order valence-electron chi connectivity index (χ2n) is 5.19. The van der Waals surface area contributed by atoms with Crippen LogP contribution < -0.4 is 5.73 Å². The van der Waals surface area contributed by atoms with Gasteiger partial charge in [-0.3, -0.25) is 4.79 Å². The average Bonchev–Trinajstić information content (AvgIpc) is 2.47. The van der Waals surface area contributed by atoms with Gasteiger partial charge in [0.15, 0.2) is 6.10 Å². The SMILES string of the molecule is CCCCCCCCO[C@@H](C(N)=O)[C@@H](O)[C@H](O)[C@H](O)CO. The summed E-state index contributed by atoms with van der Waals surface area (Å²) in [5.74, 6) is -0.919. The minimum atomic E-state index is -1.70. The van der Waals surface area contributed by atoms with E-state index in [9.17, 15) is 20.1 Å². The Hall–Kier alpha value is -0.730. The van der Waals surface area contributed by atoms with Crippen molar-refractivity contribution >= 4 is 5.91 Å². The molecule has 0 aliphatic heterocycles. The van der Waals surface area contributed by atoms with Crippen molar-refractivity contribution in [2.24, 2.45) is 5.73 Å². The summed E-state index contributed by atoms with van der Waals surface area (Å²) in [5, 5.41) is 37.3. The third-order valence-electron chi connectivity index (χ3n) is 3.32. The van der Waals surface area contributed by atoms with Gasteiger partial charge < -0.3 is 30.9 Å². The van der Waals surface area contributed by atoms with Crippen molar-refractivity contribution in [1.29, 1.82) is 0 Å². The summed E-state index contributed by atoms with van der Waals surface area (Å²) in [5.41, 5.74) is 5.12. The number of amides is 1. The van der Waals surface area contributed by atoms with Crippen LogP contribution in [0.1, 0.15) is 45.4 Å². The smallest absolute Gasteiger partial charge is 0.249 e. The van der Waals surface area contributed by atoms with Crippen molar-refractivity contribution in [2.75, 3.05) is 13.2 Å². The Labute approximate surface area is 125 Å². The third kappa shape index (κ3) is 8.33. The van der Waals surface area contributed by atoms with E-state index in [0.29, 0.717) is 0 Å². The lowest BCUT2D eigenvalue weighted by atomic mass is 10.0. The first kappa shape index (κ1) is 20.3. The predicted molar refractivity (Wildman–Crippen MR) is 77.4 cm³/mol. The van der Waals surface area contributed by atoms with Gasteiger partial charge in [0.25, 0.3) is 0 Å². The number of aliphatic hydroxyl groups excluding tert-OH is 4. The van der Waals surface area contributed by atoms with E-state index in [2.05, 4.69) is 6.92 Å². The normalized spacial score (nSPS) is 17.2. The van der Waals surface area contributed by atoms with Gasteiger partial charge in [0.2, 0.25) is 5.91 Å². The first-order chi connectivity index (χ1) is 9.95. The van der Waals surface area contributed by atoms with E-state index in [1.165, 1.54) is 6.42 Å². The first-order valence-electron chi connectivity index (χ1n) is 7.51. The second kappa shape index (κ2) is 11.9. The van der Waals surface area contributed by atoms with Crippen LogP contribution >= 0.6 is 0 Å². The summed E-state index contributed by atoms with van der Waals surface area (Å²) in [6, 6.07) is 0. The highest BCUT2D eigenvalue weighted by molar-refractivity contribution is 5.79. The zero-order chi connectivity index (χ0) is 16.3. The van der Waals surface area contributed by atoms with Crippen LogP contribution in [-0.2, 0) is 9.53 Å². The van der Waals surface area contributed by atoms with Gasteiger partial charge >= 0.3 is 0 Å². The minimum absolute atomic E-state index is 0.235. The van der Waals surface area contributed by atoms with Gasteiger partial charge in [0.1, 0.15) is 18.3 Å². The van der Waals surface area contributed by atoms with Crippen LogP contribution in [-0.4, -0.2) is 64.0 Å². The molecule has 0 spiro atoms. The maximum absolute atomic E-state index is 11.2. The zero-order valence-corrected chi connectivity index (χ0v) is 12.6. The van der Waals surface area contributed by atoms with E-state index in [0.717, 1.165) is 32.1 Å². The van der Waals surface area contributed by atoms with Crippen LogP contribution in [0.15, 0.2) is 0 Å². The van der Waals surface area contributed by atoms with Crippen LogP contribution in [0.25, 0.3) is 0 Å². The molecule has 0 aliphatic rings. The van der Waals surface area contributed by atoms with E-state index >= 15 is 0 Å². The van der Waals surface area contributed by atoms with Crippen molar-refractivity contribution in [1.82, 2.24) is 0 Å². The number of hydrogen-bond donors (Lipinski definition) is 5. The standard InChI is InChI=1S/C14H29NO6/c1-2-3-4-5-6-7-8-21-13(14(15)20)12(19)11(18)10(17)9-16/h10-13,16-19H,2-9H2,1H3,(H2,15,20)/t10-,11-,12+,13-/m1/s1. The Morgan fingerprint density at radius 3 is 2.14 bits per heavy atom. The molecule has 0 unspecified atom stereocenters. The van der Waals surface area contributed by atoms with Gasteiger partial charge in [-0.2, -0.15) is 0 Å². The number of hydrogen-bond acceptors (Lipinski definition) is 6. The maximum atomic E-state index is 11.2. The van der Waals surface area contributed by atoms with Gasteiger partial charge in [0, 0.05) is 6.61 Å². The van der Waals surface area contributed by atoms with Crippen molar-refractivity contribution in [3.05, 3.63) is 0 Å². The van der Waals surface area contributed by atoms with E-state index in [-0.39, 0.29) is 6.61 Å². The molecule has 1 amide bonds. The molecule has 7 nitrogen and oxygen atoms in total. The number of nitrogens with two attached hydrogens (primary N) is 1. The van der Waals surface area contributed by atoms with E-state index in [4.69, 9.17) is 15.6 Å². The topological polar surface area (TPSA) is 133 Å². The molecule has 4 atom stereocenters. The molecule has 6 N–H and O–H groups in total. The monoisotopic (exact) mass is 307 g/mol. The molecule has 0 bridgehead atoms. The highest BCUT2D eigenvalue weighted by atomic mass is 16.5. The maximum Gasteiger partial charge on any atom is 0.249 e. The number of carbonyl (C=O) groups excluding carboxylic acids is 1. The Morgan fingerprint density at radius 1 is 1.05 bits per heavy atom. The summed E-state index contributed by atoms with van der Waals surface area (Å²) < 4.78 is 5.21. The highest BCUT2D eigenvalue weighted by Gasteiger charge is 2.35. The van der Waals surface area contributed by atoms with Crippen LogP contribution in [0.3, 0.4) is 0 Å². The van der Waals surface area contributed by atoms with Gasteiger partial charge in [-0.25, -0.2) is 0 Å². The lowest BCUT2D eigenvalue weighted by Gasteiger charge is -2.27. The second-order valence-corrected chi connectivity index (χ2v) is 5.19. The first-order valence-corrected chi connectivity index (χ1v) is 7.51. The molecule has 21 heavy (non-hydrogen) atoms. The summed E-state index contributed by atoms with van der Waals surface area (Å²) in [7, 11) is 0. The Balaban J connectivity index is 4.10. The number of carbonyl (C=O) groups is 1. The van der Waals surface area contributed by atoms with Crippen LogP contribution in [0.4, 0.5) is 0 Å². The molecule has 0 heterocycles. The molecular formula is C14H29NO6. The average molecular weight is 307 g/mol. The molecule has 0 aromatic heterocycles. The van der Waals surface area contributed by atoms with E-state index in [1.54, 1.807) is 0 Å². The molecule has 0 radical (unpaired) electrons. The van der Waals surface area contributed by atoms with Crippen LogP contribution in [0.5, 0.6) is 0 Å². The van der Waals surface area contributed by atoms with Crippen molar-refractivity contribution in [3.63, 3.8) is 0 Å². The molecular weight excluding hydrogens is 278 g/mol. The molecule has 7 heteroatoms. The summed E-state index contributed by atoms with van der Waals surface area (Å²) in [6.07, 6.45) is -0.0840. The fourth-order valence-corrected chi connectivity index (χ4v) is 1.96. The lowest BCUT2D eigenvalue weighted by Crippen LogP contribution is -2.51. The molecule has 0 aliphatic carbocycles. The Morgan fingerprint density at radius 2 is 1.62 bits per heavy atom. The lowest BCUT2D eigenvalue weighted by molar-refractivity contribution is -0.155. The Kier molecular flexibility index (Phi) is 11.5. The van der Waals surface area contributed by atoms with Crippen LogP contribution in [0.2, 0.25) is 0 Å². The fourth-order valence-electron chi connectivity index (χ4n) is 1.96. The summed E-state index contributed by atoms with van der Waals surface area (Å²) in [4.78, 5) is 11.2. The zero-order valence-electron chi connectivity index (χ0n) is 12.6. The minimum Gasteiger partial charge on any atom is -0.394 e. The number of primary amides is 1. The van der Waals surface area contributed by atoms with Crippen molar-refractivity contribution < 1.29 is 30.0 Å². The predicted octanol–water partition coefficient (Wildman–Crippen LogP) is -0.708. The van der Waals surface area contributed by atoms with E-state index < -0.39 is 36.9 Å². The quantitative estimate of drug-likeness (QED) is 0.286. The fraction of sp³-hybridized carbons (Fsp3) is 0.929. The number of rotatable bonds is 13. The number of ether oxygens (including phenoxy) is 1. The van der Waals surface area contributed by atoms with Gasteiger partial charge in [-0.1, -0.05) is 39.0 Å². The van der Waals surface area contributed by atoms with Crippen LogP contribution in [0, 0.1) is 0 Å². The summed E-state index contributed by atoms with van der Waals surface area (Å²) >= 11 is 0. The van der Waals surface area contributed by atoms with Gasteiger partial charge in [-0.15, -0.1) is 0 Å².